The first kappa shape index (κ1) is 14.7. The molecule has 0 aromatic rings. The monoisotopic (exact) mass is 253 g/mol. The van der Waals surface area contributed by atoms with Crippen LogP contribution in [0.5, 0.6) is 0 Å². The lowest BCUT2D eigenvalue weighted by Crippen LogP contribution is -2.41. The van der Waals surface area contributed by atoms with E-state index in [0.717, 1.165) is 12.0 Å². The number of likely N-dealkylation sites (tertiary alicyclic amines) is 1. The number of amides is 1. The fraction of sp³-hybridized carbons (Fsp3) is 0.714. The number of ether oxygens (including phenoxy) is 1. The normalized spacial score (nSPS) is 17.7. The van der Waals surface area contributed by atoms with Crippen molar-refractivity contribution in [3.63, 3.8) is 0 Å². The van der Waals surface area contributed by atoms with Crippen molar-refractivity contribution in [2.24, 2.45) is 5.92 Å². The molecule has 1 saturated heterocycles. The number of carbonyl (C=O) groups excluding carboxylic acids is 2. The van der Waals surface area contributed by atoms with Crippen LogP contribution in [0.1, 0.15) is 40.0 Å². The van der Waals surface area contributed by atoms with Gasteiger partial charge < -0.3 is 9.64 Å². The Labute approximate surface area is 109 Å². The molecule has 18 heavy (non-hydrogen) atoms. The molecule has 0 aromatic heterocycles. The molecule has 1 heterocycles. The van der Waals surface area contributed by atoms with Gasteiger partial charge in [-0.25, -0.2) is 0 Å². The first-order valence-electron chi connectivity index (χ1n) is 6.72. The van der Waals surface area contributed by atoms with Crippen molar-refractivity contribution in [3.05, 3.63) is 11.6 Å². The van der Waals surface area contributed by atoms with Gasteiger partial charge in [0.2, 0.25) is 5.91 Å². The van der Waals surface area contributed by atoms with Crippen molar-refractivity contribution in [2.75, 3.05) is 19.7 Å². The molecule has 0 saturated carbocycles. The third-order valence-electron chi connectivity index (χ3n) is 3.25. The maximum absolute atomic E-state index is 12.0. The largest absolute Gasteiger partial charge is 0.466 e. The number of hydrogen-bond acceptors (Lipinski definition) is 3. The van der Waals surface area contributed by atoms with Gasteiger partial charge in [0, 0.05) is 18.7 Å². The van der Waals surface area contributed by atoms with E-state index in [1.54, 1.807) is 0 Å². The smallest absolute Gasteiger partial charge is 0.309 e. The number of esters is 1. The molecule has 0 bridgehead atoms. The van der Waals surface area contributed by atoms with Gasteiger partial charge in [0.15, 0.2) is 0 Å². The van der Waals surface area contributed by atoms with Gasteiger partial charge in [0.05, 0.1) is 12.5 Å². The van der Waals surface area contributed by atoms with Crippen molar-refractivity contribution in [1.29, 1.82) is 0 Å². The van der Waals surface area contributed by atoms with Crippen LogP contribution in [0, 0.1) is 5.92 Å². The van der Waals surface area contributed by atoms with Gasteiger partial charge in [0.25, 0.3) is 0 Å². The number of hydrogen-bond donors (Lipinski definition) is 0. The van der Waals surface area contributed by atoms with Crippen molar-refractivity contribution < 1.29 is 14.3 Å². The predicted molar refractivity (Wildman–Crippen MR) is 70.0 cm³/mol. The van der Waals surface area contributed by atoms with Crippen LogP contribution in [0.3, 0.4) is 0 Å². The molecule has 0 aromatic carbocycles. The zero-order valence-electron chi connectivity index (χ0n) is 11.6. The van der Waals surface area contributed by atoms with Gasteiger partial charge in [-0.05, 0) is 33.1 Å². The van der Waals surface area contributed by atoms with Crippen LogP contribution >= 0.6 is 0 Å². The van der Waals surface area contributed by atoms with Crippen molar-refractivity contribution >= 4 is 11.9 Å². The highest BCUT2D eigenvalue weighted by Gasteiger charge is 2.28. The minimum Gasteiger partial charge on any atom is -0.466 e. The molecule has 1 aliphatic heterocycles. The molecule has 4 heteroatoms. The fourth-order valence-corrected chi connectivity index (χ4v) is 2.22. The zero-order valence-corrected chi connectivity index (χ0v) is 11.6. The van der Waals surface area contributed by atoms with E-state index in [9.17, 15) is 9.59 Å². The average molecular weight is 253 g/mol. The first-order valence-corrected chi connectivity index (χ1v) is 6.72. The van der Waals surface area contributed by atoms with Crippen molar-refractivity contribution in [1.82, 2.24) is 4.90 Å². The molecular formula is C14H23NO3. The Kier molecular flexibility index (Phi) is 5.89. The van der Waals surface area contributed by atoms with Gasteiger partial charge >= 0.3 is 5.97 Å². The third kappa shape index (κ3) is 3.86. The van der Waals surface area contributed by atoms with Gasteiger partial charge in [-0.15, -0.1) is 0 Å². The first-order chi connectivity index (χ1) is 8.60. The fourth-order valence-electron chi connectivity index (χ4n) is 2.22. The standard InChI is InChI=1S/C14H23NO3/c1-4-6-11(3)13(16)15-9-7-12(8-10-15)14(17)18-5-2/h6,12H,4-5,7-10H2,1-3H3. The summed E-state index contributed by atoms with van der Waals surface area (Å²) in [5, 5.41) is 0. The van der Waals surface area contributed by atoms with E-state index in [1.807, 2.05) is 31.7 Å². The van der Waals surface area contributed by atoms with Crippen LogP contribution in [0.2, 0.25) is 0 Å². The van der Waals surface area contributed by atoms with Gasteiger partial charge in [0.1, 0.15) is 0 Å². The lowest BCUT2D eigenvalue weighted by atomic mass is 9.96. The summed E-state index contributed by atoms with van der Waals surface area (Å²) in [5.74, 6) is -0.0611. The third-order valence-corrected chi connectivity index (χ3v) is 3.25. The Morgan fingerprint density at radius 1 is 1.28 bits per heavy atom. The highest BCUT2D eigenvalue weighted by molar-refractivity contribution is 5.93. The summed E-state index contributed by atoms with van der Waals surface area (Å²) in [4.78, 5) is 25.4. The van der Waals surface area contributed by atoms with Crippen molar-refractivity contribution in [3.8, 4) is 0 Å². The molecule has 1 rings (SSSR count). The van der Waals surface area contributed by atoms with E-state index in [0.29, 0.717) is 32.5 Å². The number of rotatable bonds is 4. The highest BCUT2D eigenvalue weighted by atomic mass is 16.5. The molecule has 0 atom stereocenters. The Balaban J connectivity index is 2.46. The summed E-state index contributed by atoms with van der Waals surface area (Å²) in [6, 6.07) is 0. The molecular weight excluding hydrogens is 230 g/mol. The second-order valence-electron chi connectivity index (χ2n) is 4.61. The average Bonchev–Trinajstić information content (AvgIpc) is 2.38. The Morgan fingerprint density at radius 2 is 1.89 bits per heavy atom. The summed E-state index contributed by atoms with van der Waals surface area (Å²) >= 11 is 0. The summed E-state index contributed by atoms with van der Waals surface area (Å²) in [6.07, 6.45) is 4.24. The quantitative estimate of drug-likeness (QED) is 0.569. The van der Waals surface area contributed by atoms with E-state index >= 15 is 0 Å². The lowest BCUT2D eigenvalue weighted by Gasteiger charge is -2.31. The van der Waals surface area contributed by atoms with Gasteiger partial charge in [-0.3, -0.25) is 9.59 Å². The molecule has 0 radical (unpaired) electrons. The summed E-state index contributed by atoms with van der Waals surface area (Å²) in [5.41, 5.74) is 0.798. The molecule has 1 aliphatic rings. The van der Waals surface area contributed by atoms with E-state index in [2.05, 4.69) is 0 Å². The summed E-state index contributed by atoms with van der Waals surface area (Å²) < 4.78 is 5.01. The minimum absolute atomic E-state index is 0.0375. The van der Waals surface area contributed by atoms with Crippen LogP contribution in [0.25, 0.3) is 0 Å². The lowest BCUT2D eigenvalue weighted by molar-refractivity contribution is -0.150. The SMILES string of the molecule is CCC=C(C)C(=O)N1CCC(C(=O)OCC)CC1. The summed E-state index contributed by atoms with van der Waals surface area (Å²) in [7, 11) is 0. The van der Waals surface area contributed by atoms with Crippen LogP contribution in [0.15, 0.2) is 11.6 Å². The predicted octanol–water partition coefficient (Wildman–Crippen LogP) is 2.14. The Bertz CT molecular complexity index is 328. The van der Waals surface area contributed by atoms with E-state index in [4.69, 9.17) is 4.74 Å². The number of piperidine rings is 1. The van der Waals surface area contributed by atoms with Crippen LogP contribution < -0.4 is 0 Å². The number of carbonyl (C=O) groups is 2. The zero-order chi connectivity index (χ0) is 13.5. The van der Waals surface area contributed by atoms with E-state index in [-0.39, 0.29) is 17.8 Å². The molecule has 1 fully saturated rings. The van der Waals surface area contributed by atoms with Crippen LogP contribution in [-0.4, -0.2) is 36.5 Å². The number of nitrogens with zero attached hydrogens (tertiary/aromatic N) is 1. The van der Waals surface area contributed by atoms with Gasteiger partial charge in [-0.1, -0.05) is 13.0 Å². The molecule has 1 amide bonds. The molecule has 0 aliphatic carbocycles. The van der Waals surface area contributed by atoms with E-state index < -0.39 is 0 Å². The van der Waals surface area contributed by atoms with Crippen LogP contribution in [0.4, 0.5) is 0 Å². The molecule has 0 spiro atoms. The second kappa shape index (κ2) is 7.19. The second-order valence-corrected chi connectivity index (χ2v) is 4.61. The number of allylic oxidation sites excluding steroid dienone is 1. The molecule has 4 nitrogen and oxygen atoms in total. The Hall–Kier alpha value is -1.32. The van der Waals surface area contributed by atoms with E-state index in [1.165, 1.54) is 0 Å². The van der Waals surface area contributed by atoms with Crippen molar-refractivity contribution in [2.45, 2.75) is 40.0 Å². The maximum Gasteiger partial charge on any atom is 0.309 e. The maximum atomic E-state index is 12.0. The van der Waals surface area contributed by atoms with Crippen LogP contribution in [-0.2, 0) is 14.3 Å². The summed E-state index contributed by atoms with van der Waals surface area (Å²) in [6.45, 7) is 7.41. The highest BCUT2D eigenvalue weighted by Crippen LogP contribution is 2.20. The minimum atomic E-state index is -0.120. The molecule has 0 N–H and O–H groups in total. The topological polar surface area (TPSA) is 46.6 Å². The van der Waals surface area contributed by atoms with Gasteiger partial charge in [-0.2, -0.15) is 0 Å². The molecule has 0 unspecified atom stereocenters. The molecule has 102 valence electrons. The Morgan fingerprint density at radius 3 is 2.39 bits per heavy atom.